The number of rotatable bonds is 23. The first-order valence-electron chi connectivity index (χ1n) is 30.9. The van der Waals surface area contributed by atoms with Crippen molar-refractivity contribution in [1.82, 2.24) is 36.4 Å². The van der Waals surface area contributed by atoms with Crippen molar-refractivity contribution in [2.45, 2.75) is 152 Å². The number of aromatic hydroxyl groups is 1. The molecule has 30 nitrogen and oxygen atoms in total. The number of β-amino-alcohol motifs (C(OH)–C–C–N with tert-alkyl or cyclic N) is 1. The van der Waals surface area contributed by atoms with Gasteiger partial charge in [-0.3, -0.25) is 38.6 Å². The molecule has 0 aromatic heterocycles. The van der Waals surface area contributed by atoms with Gasteiger partial charge in [-0.15, -0.1) is 4.33 Å². The van der Waals surface area contributed by atoms with Crippen molar-refractivity contribution in [3.05, 3.63) is 88.3 Å². The third-order valence-corrected chi connectivity index (χ3v) is 17.4. The van der Waals surface area contributed by atoms with Crippen molar-refractivity contribution < 1.29 is 127 Å². The molecule has 7 amide bonds. The molecule has 32 heteroatoms. The molecule has 0 spiro atoms. The van der Waals surface area contributed by atoms with Crippen molar-refractivity contribution in [2.75, 3.05) is 82.5 Å². The van der Waals surface area contributed by atoms with Crippen LogP contribution in [0.25, 0.3) is 4.85 Å². The van der Waals surface area contributed by atoms with Gasteiger partial charge in [0.2, 0.25) is 42.0 Å². The quantitative estimate of drug-likeness (QED) is 0.0106. The molecule has 0 aliphatic carbocycles. The van der Waals surface area contributed by atoms with E-state index in [9.17, 15) is 74.6 Å². The van der Waals surface area contributed by atoms with E-state index in [1.807, 2.05) is 13.8 Å². The van der Waals surface area contributed by atoms with E-state index in [0.717, 1.165) is 95.8 Å². The molecule has 12 N–H and O–H groups in total. The number of phenolic OH excluding ortho intramolecular Hbond substituents is 1. The molecule has 0 bridgehead atoms. The van der Waals surface area contributed by atoms with Crippen molar-refractivity contribution in [3.8, 4) is 17.2 Å². The Hall–Kier alpha value is -6.61. The zero-order valence-corrected chi connectivity index (χ0v) is 56.3. The number of carbonyl (C=O) groups excluding carboxylic acids is 7. The Kier molecular flexibility index (Phi) is 29.7. The van der Waals surface area contributed by atoms with Crippen LogP contribution >= 0.6 is 12.3 Å². The van der Waals surface area contributed by atoms with Crippen molar-refractivity contribution in [2.24, 2.45) is 5.92 Å². The third kappa shape index (κ3) is 20.2. The number of aryl methyl sites for hydroxylation is 2. The Morgan fingerprint density at radius 2 is 1.37 bits per heavy atom. The number of hydrogen-bond acceptors (Lipinski definition) is 23. The fourth-order valence-electron chi connectivity index (χ4n) is 12.0. The maximum absolute atomic E-state index is 14.7. The van der Waals surface area contributed by atoms with E-state index in [4.69, 9.17) is 20.2 Å². The van der Waals surface area contributed by atoms with Crippen molar-refractivity contribution >= 4 is 65.0 Å². The number of fused-ring (bicyclic) bond motifs is 2. The van der Waals surface area contributed by atoms with Crippen LogP contribution in [0.2, 0.25) is 0 Å². The predicted molar refractivity (Wildman–Crippen MR) is 332 cm³/mol. The molecule has 3 aromatic rings. The first-order valence-corrected chi connectivity index (χ1v) is 31.6. The maximum Gasteiger partial charge on any atom is 1.00 e. The van der Waals surface area contributed by atoms with Gasteiger partial charge in [-0.05, 0) is 98.8 Å². The molecule has 0 radical (unpaired) electrons. The fraction of sp³-hybridized carbons (Fsp3) is 0.581. The van der Waals surface area contributed by atoms with Crippen molar-refractivity contribution in [3.63, 3.8) is 0 Å². The number of anilines is 2. The normalized spacial score (nSPS) is 25.2. The summed E-state index contributed by atoms with van der Waals surface area (Å²) in [5, 5.41) is 104. The largest absolute Gasteiger partial charge is 1.00 e. The SMILES string of the molecule is [C-]#[N+]C[C@@H](O)[C@@H]1NC(=O)[C@H]([C@H](O)Cc2ccc(O)c(OSOO[O-])c2)NC(=O)[C@@H]2C[C@H](O)CN2C(=O)[C@H]([C@H](C)O)NC(=O)[C@@H](NC(=O)c2ccc(N3CCN(c4cc(C)c(OCCCCCCCOC)c(C)c4)CC3)cc2)C[C@H](O)CNC(=O)[C@@H]2[C@@H](O)[C@H](C)CN2C1=O.[Na+]. The number of unbranched alkanes of at least 4 members (excludes halogenated alkanes) is 4. The second-order valence-electron chi connectivity index (χ2n) is 24.0. The number of ether oxygens (including phenoxy) is 2. The van der Waals surface area contributed by atoms with Crippen LogP contribution in [-0.4, -0.2) is 232 Å². The van der Waals surface area contributed by atoms with Gasteiger partial charge in [0.1, 0.15) is 42.0 Å². The number of aliphatic hydroxyl groups excluding tert-OH is 6. The van der Waals surface area contributed by atoms with Gasteiger partial charge in [-0.25, -0.2) is 6.57 Å². The number of phenols is 1. The second-order valence-corrected chi connectivity index (χ2v) is 24.4. The first-order chi connectivity index (χ1) is 44.4. The number of nitrogens with zero attached hydrogens (tertiary/aromatic N) is 5. The zero-order valence-electron chi connectivity index (χ0n) is 53.5. The summed E-state index contributed by atoms with van der Waals surface area (Å²) in [7, 11) is 1.71. The van der Waals surface area contributed by atoms with E-state index in [2.05, 4.69) is 62.7 Å². The van der Waals surface area contributed by atoms with E-state index in [-0.39, 0.29) is 65.3 Å². The molecule has 0 unspecified atom stereocenters. The summed E-state index contributed by atoms with van der Waals surface area (Å²) in [5.41, 5.74) is 4.18. The van der Waals surface area contributed by atoms with Gasteiger partial charge in [0.25, 0.3) is 18.2 Å². The van der Waals surface area contributed by atoms with E-state index in [0.29, 0.717) is 32.8 Å². The molecule has 3 aromatic carbocycles. The molecular weight excluding hydrogens is 1260 g/mol. The van der Waals surface area contributed by atoms with Gasteiger partial charge in [0.05, 0.1) is 37.1 Å². The number of aliphatic hydroxyl groups is 6. The van der Waals surface area contributed by atoms with E-state index in [1.165, 1.54) is 13.0 Å². The zero-order chi connectivity index (χ0) is 67.6. The Labute approximate surface area is 571 Å². The number of benzene rings is 3. The molecule has 13 atom stereocenters. The number of carbonyl (C=O) groups is 7. The van der Waals surface area contributed by atoms with Gasteiger partial charge in [-0.2, -0.15) is 0 Å². The number of nitrogens with one attached hydrogen (secondary N) is 5. The number of piperazine rings is 1. The maximum atomic E-state index is 14.7. The standard InChI is InChI=1S/C62H86N10O20S.Na/c1-34-24-41(25-35(2)55(34)89-23-11-9-7-8-10-22-88-6)70-20-18-69(19-21-70)40-15-13-39(14-16-40)56(80)65-44-28-42(74)30-64-60(84)53-54(79)36(3)32-72(53)62(86)52(48(78)31-63-5)68-59(83)51(47(77)26-38-12-17-46(76)49(27-38)90-93-92-91-87)67-58(82)45-29-43(75)33-71(45)61(85)50(37(4)73)66-57(44)81;/h12-17,24-25,27,36-37,42-45,47-48,50-54,73-79,87H,7-11,18-23,26,28-33H2,1-4,6H3,(H,64,84)(H,65,80)(H,66,81)(H,67,82)(H,68,83);/q;+1/p-1/t36-,37+,42+,43+,44+,45+,47-,48-,50+,51+,52+,53+,54+;/m1./s1. The van der Waals surface area contributed by atoms with E-state index < -0.39 is 165 Å². The molecule has 4 aliphatic rings. The minimum atomic E-state index is -2.15. The van der Waals surface area contributed by atoms with Crippen LogP contribution in [0.5, 0.6) is 17.2 Å². The van der Waals surface area contributed by atoms with Crippen LogP contribution in [0.4, 0.5) is 11.4 Å². The Bertz CT molecular complexity index is 3080. The van der Waals surface area contributed by atoms with Gasteiger partial charge in [0.15, 0.2) is 17.6 Å². The summed E-state index contributed by atoms with van der Waals surface area (Å²) in [6, 6.07) is 2.99. The topological polar surface area (TPSA) is 408 Å². The Morgan fingerprint density at radius 3 is 2.01 bits per heavy atom. The van der Waals surface area contributed by atoms with Crippen molar-refractivity contribution in [1.29, 1.82) is 0 Å². The van der Waals surface area contributed by atoms with Crippen LogP contribution < -0.4 is 80.1 Å². The summed E-state index contributed by atoms with van der Waals surface area (Å²) in [4.78, 5) is 111. The molecule has 7 rings (SSSR count). The number of hydrogen-bond donors (Lipinski definition) is 12. The number of methoxy groups -OCH3 is 1. The average molecular weight is 1350 g/mol. The van der Waals surface area contributed by atoms with Gasteiger partial charge in [-0.1, -0.05) is 32.3 Å². The van der Waals surface area contributed by atoms with Crippen LogP contribution in [0.15, 0.2) is 54.6 Å². The molecular formula is C62H85N10NaO20S. The minimum Gasteiger partial charge on any atom is -0.691 e. The summed E-state index contributed by atoms with van der Waals surface area (Å²) in [5.74, 6) is -8.67. The van der Waals surface area contributed by atoms with Crippen LogP contribution in [0.3, 0.4) is 0 Å². The molecule has 510 valence electrons. The van der Waals surface area contributed by atoms with Gasteiger partial charge in [0, 0.05) is 102 Å². The fourth-order valence-corrected chi connectivity index (χ4v) is 12.2. The summed E-state index contributed by atoms with van der Waals surface area (Å²) < 4.78 is 20.5. The van der Waals surface area contributed by atoms with E-state index >= 15 is 0 Å². The molecule has 4 heterocycles. The molecule has 4 aliphatic heterocycles. The van der Waals surface area contributed by atoms with Crippen LogP contribution in [0.1, 0.15) is 85.8 Å². The summed E-state index contributed by atoms with van der Waals surface area (Å²) in [6.07, 6.45) is -6.87. The smallest absolute Gasteiger partial charge is 0.691 e. The Morgan fingerprint density at radius 1 is 0.755 bits per heavy atom. The first kappa shape index (κ1) is 76.4. The second kappa shape index (κ2) is 36.5. The van der Waals surface area contributed by atoms with E-state index in [1.54, 1.807) is 31.4 Å². The van der Waals surface area contributed by atoms with Gasteiger partial charge >= 0.3 is 29.6 Å². The molecule has 4 fully saturated rings. The average Bonchev–Trinajstić information content (AvgIpc) is 1.59. The monoisotopic (exact) mass is 1340 g/mol. The summed E-state index contributed by atoms with van der Waals surface area (Å²) >= 11 is 0.0105. The Balaban J connectivity index is 0.0000140. The van der Waals surface area contributed by atoms with Crippen LogP contribution in [-0.2, 0) is 49.3 Å². The molecule has 4 saturated heterocycles. The van der Waals surface area contributed by atoms with Crippen LogP contribution in [0, 0.1) is 26.3 Å². The molecule has 0 saturated carbocycles. The predicted octanol–water partition coefficient (Wildman–Crippen LogP) is -4.65. The summed E-state index contributed by atoms with van der Waals surface area (Å²) in [6.45, 7) is 15.9. The molecule has 94 heavy (non-hydrogen) atoms. The number of amides is 7. The third-order valence-electron chi connectivity index (χ3n) is 17.0. The minimum absolute atomic E-state index is 0. The van der Waals surface area contributed by atoms with Gasteiger partial charge < -0.3 is 106 Å².